The lowest BCUT2D eigenvalue weighted by molar-refractivity contribution is 0.0632. The number of fused-ring (bicyclic) bond motifs is 2. The van der Waals surface area contributed by atoms with Gasteiger partial charge in [0, 0.05) is 39.3 Å². The molecular weight excluding hydrogens is 440 g/mol. The molecule has 0 unspecified atom stereocenters. The first kappa shape index (κ1) is 21.9. The van der Waals surface area contributed by atoms with Gasteiger partial charge in [-0.05, 0) is 36.6 Å². The number of nitrogens with zero attached hydrogens (tertiary/aromatic N) is 4. The van der Waals surface area contributed by atoms with Gasteiger partial charge in [0.15, 0.2) is 11.5 Å². The third-order valence-corrected chi connectivity index (χ3v) is 7.55. The van der Waals surface area contributed by atoms with Crippen LogP contribution < -0.4 is 15.0 Å². The molecule has 0 radical (unpaired) electrons. The first-order valence-corrected chi connectivity index (χ1v) is 12.3. The van der Waals surface area contributed by atoms with Gasteiger partial charge >= 0.3 is 0 Å². The van der Waals surface area contributed by atoms with Gasteiger partial charge in [0.2, 0.25) is 6.79 Å². The van der Waals surface area contributed by atoms with Crippen molar-refractivity contribution in [3.63, 3.8) is 0 Å². The third-order valence-electron chi connectivity index (χ3n) is 6.37. The average molecular weight is 469 g/mol. The second-order valence-corrected chi connectivity index (χ2v) is 9.59. The first-order valence-electron chi connectivity index (χ1n) is 11.4. The number of ether oxygens (including phenoxy) is 2. The second-order valence-electron chi connectivity index (χ2n) is 8.59. The Morgan fingerprint density at radius 2 is 1.94 bits per heavy atom. The van der Waals surface area contributed by atoms with Crippen LogP contribution in [0.2, 0.25) is 0 Å². The summed E-state index contributed by atoms with van der Waals surface area (Å²) in [5.41, 5.74) is 1.88. The minimum atomic E-state index is -0.0465. The van der Waals surface area contributed by atoms with Crippen molar-refractivity contribution in [3.8, 4) is 11.5 Å². The quantitative estimate of drug-likeness (QED) is 0.553. The van der Waals surface area contributed by atoms with E-state index in [1.165, 1.54) is 16.9 Å². The standard InChI is InChI=1S/C24H28N4O4S/c1-3-4-7-28-14-25-22-20(23(28)29)16(2)21(33-22)24(30)27-10-8-26(9-11-27)13-17-5-6-18-19(12-17)32-15-31-18/h5-6,12,14H,3-4,7-11,13,15H2,1-2H3. The number of amides is 1. The van der Waals surface area contributed by atoms with Crippen LogP contribution in [0.1, 0.15) is 40.6 Å². The highest BCUT2D eigenvalue weighted by atomic mass is 32.1. The van der Waals surface area contributed by atoms with Gasteiger partial charge in [-0.3, -0.25) is 19.1 Å². The van der Waals surface area contributed by atoms with Crippen molar-refractivity contribution in [1.29, 1.82) is 0 Å². The lowest BCUT2D eigenvalue weighted by Crippen LogP contribution is -2.48. The smallest absolute Gasteiger partial charge is 0.264 e. The zero-order chi connectivity index (χ0) is 22.9. The highest BCUT2D eigenvalue weighted by molar-refractivity contribution is 7.20. The lowest BCUT2D eigenvalue weighted by Gasteiger charge is -2.34. The molecule has 1 aromatic carbocycles. The molecule has 0 atom stereocenters. The molecule has 2 aliphatic heterocycles. The van der Waals surface area contributed by atoms with Gasteiger partial charge in [-0.15, -0.1) is 11.3 Å². The predicted octanol–water partition coefficient (Wildman–Crippen LogP) is 3.25. The lowest BCUT2D eigenvalue weighted by atomic mass is 10.1. The van der Waals surface area contributed by atoms with Gasteiger partial charge in [-0.2, -0.15) is 0 Å². The predicted molar refractivity (Wildman–Crippen MR) is 127 cm³/mol. The molecule has 5 rings (SSSR count). The number of carbonyl (C=O) groups excluding carboxylic acids is 1. The summed E-state index contributed by atoms with van der Waals surface area (Å²) in [6.07, 6.45) is 3.55. The van der Waals surface area contributed by atoms with Crippen LogP contribution in [0.5, 0.6) is 11.5 Å². The van der Waals surface area contributed by atoms with Gasteiger partial charge in [-0.1, -0.05) is 19.4 Å². The molecule has 0 bridgehead atoms. The fourth-order valence-corrected chi connectivity index (χ4v) is 5.51. The first-order chi connectivity index (χ1) is 16.0. The molecule has 2 aromatic heterocycles. The number of carbonyl (C=O) groups is 1. The summed E-state index contributed by atoms with van der Waals surface area (Å²) in [6, 6.07) is 6.04. The van der Waals surface area contributed by atoms with E-state index in [4.69, 9.17) is 9.47 Å². The highest BCUT2D eigenvalue weighted by Crippen LogP contribution is 2.33. The Bertz CT molecular complexity index is 1240. The van der Waals surface area contributed by atoms with Gasteiger partial charge in [0.05, 0.1) is 16.6 Å². The van der Waals surface area contributed by atoms with E-state index >= 15 is 0 Å². The van der Waals surface area contributed by atoms with Crippen LogP contribution >= 0.6 is 11.3 Å². The monoisotopic (exact) mass is 468 g/mol. The summed E-state index contributed by atoms with van der Waals surface area (Å²) in [7, 11) is 0. The van der Waals surface area contributed by atoms with Crippen LogP contribution in [-0.4, -0.2) is 58.2 Å². The molecule has 0 spiro atoms. The summed E-state index contributed by atoms with van der Waals surface area (Å²) in [6.45, 7) is 8.62. The molecule has 2 aliphatic rings. The van der Waals surface area contributed by atoms with E-state index in [-0.39, 0.29) is 18.3 Å². The fraction of sp³-hybridized carbons (Fsp3) is 0.458. The number of aryl methyl sites for hydroxylation is 2. The molecule has 1 saturated heterocycles. The topological polar surface area (TPSA) is 76.9 Å². The molecule has 4 heterocycles. The minimum Gasteiger partial charge on any atom is -0.454 e. The number of unbranched alkanes of at least 4 members (excludes halogenated alkanes) is 1. The Kier molecular flexibility index (Phi) is 6.07. The van der Waals surface area contributed by atoms with Gasteiger partial charge in [0.25, 0.3) is 11.5 Å². The molecule has 0 saturated carbocycles. The Labute approximate surface area is 196 Å². The second kappa shape index (κ2) is 9.15. The summed E-state index contributed by atoms with van der Waals surface area (Å²) in [5, 5.41) is 0.586. The van der Waals surface area contributed by atoms with E-state index in [0.29, 0.717) is 34.7 Å². The van der Waals surface area contributed by atoms with E-state index in [2.05, 4.69) is 22.9 Å². The zero-order valence-corrected chi connectivity index (χ0v) is 19.8. The summed E-state index contributed by atoms with van der Waals surface area (Å²) in [4.78, 5) is 36.2. The minimum absolute atomic E-state index is 0.00209. The Balaban J connectivity index is 1.26. The number of hydrogen-bond donors (Lipinski definition) is 0. The van der Waals surface area contributed by atoms with Crippen LogP contribution in [0, 0.1) is 6.92 Å². The fourth-order valence-electron chi connectivity index (χ4n) is 4.40. The van der Waals surface area contributed by atoms with Crippen molar-refractivity contribution in [2.45, 2.75) is 39.8 Å². The van der Waals surface area contributed by atoms with E-state index in [0.717, 1.165) is 49.5 Å². The number of benzene rings is 1. The number of hydrogen-bond acceptors (Lipinski definition) is 7. The molecule has 174 valence electrons. The average Bonchev–Trinajstić information content (AvgIpc) is 3.43. The summed E-state index contributed by atoms with van der Waals surface area (Å²) >= 11 is 1.33. The molecule has 33 heavy (non-hydrogen) atoms. The van der Waals surface area contributed by atoms with Crippen LogP contribution in [0.4, 0.5) is 0 Å². The van der Waals surface area contributed by atoms with Crippen LogP contribution in [-0.2, 0) is 13.1 Å². The van der Waals surface area contributed by atoms with E-state index in [1.807, 2.05) is 24.0 Å². The number of thiophene rings is 1. The maximum Gasteiger partial charge on any atom is 0.264 e. The Morgan fingerprint density at radius 3 is 2.73 bits per heavy atom. The highest BCUT2D eigenvalue weighted by Gasteiger charge is 2.27. The Hall–Kier alpha value is -2.91. The zero-order valence-electron chi connectivity index (χ0n) is 19.0. The van der Waals surface area contributed by atoms with E-state index < -0.39 is 0 Å². The molecule has 0 aliphatic carbocycles. The SMILES string of the molecule is CCCCn1cnc2sc(C(=O)N3CCN(Cc4ccc5c(c4)OCO5)CC3)c(C)c2c1=O. The number of aromatic nitrogens is 2. The normalized spacial score (nSPS) is 16.0. The van der Waals surface area contributed by atoms with E-state index in [9.17, 15) is 9.59 Å². The molecule has 1 amide bonds. The van der Waals surface area contributed by atoms with Gasteiger partial charge in [0.1, 0.15) is 4.83 Å². The molecular formula is C24H28N4O4S. The molecule has 3 aromatic rings. The number of piperazine rings is 1. The van der Waals surface area contributed by atoms with Crippen molar-refractivity contribution in [1.82, 2.24) is 19.4 Å². The van der Waals surface area contributed by atoms with Crippen LogP contribution in [0.15, 0.2) is 29.3 Å². The third kappa shape index (κ3) is 4.22. The number of rotatable bonds is 6. The van der Waals surface area contributed by atoms with Crippen molar-refractivity contribution in [2.75, 3.05) is 33.0 Å². The van der Waals surface area contributed by atoms with Crippen molar-refractivity contribution < 1.29 is 14.3 Å². The Morgan fingerprint density at radius 1 is 1.15 bits per heavy atom. The van der Waals surface area contributed by atoms with E-state index in [1.54, 1.807) is 10.9 Å². The largest absolute Gasteiger partial charge is 0.454 e. The summed E-state index contributed by atoms with van der Waals surface area (Å²) < 4.78 is 12.5. The van der Waals surface area contributed by atoms with Crippen LogP contribution in [0.3, 0.4) is 0 Å². The van der Waals surface area contributed by atoms with Crippen molar-refractivity contribution in [2.24, 2.45) is 0 Å². The summed E-state index contributed by atoms with van der Waals surface area (Å²) in [5.74, 6) is 1.58. The molecule has 1 fully saturated rings. The molecule has 8 nitrogen and oxygen atoms in total. The molecule has 0 N–H and O–H groups in total. The van der Waals surface area contributed by atoms with Gasteiger partial charge in [-0.25, -0.2) is 4.98 Å². The van der Waals surface area contributed by atoms with Crippen molar-refractivity contribution in [3.05, 3.63) is 50.9 Å². The maximum absolute atomic E-state index is 13.3. The van der Waals surface area contributed by atoms with Crippen LogP contribution in [0.25, 0.3) is 10.2 Å². The maximum atomic E-state index is 13.3. The molecule has 9 heteroatoms. The van der Waals surface area contributed by atoms with Crippen molar-refractivity contribution >= 4 is 27.5 Å². The van der Waals surface area contributed by atoms with Gasteiger partial charge < -0.3 is 14.4 Å².